The number of hydrogen-bond acceptors (Lipinski definition) is 3. The zero-order chi connectivity index (χ0) is 14.3. The van der Waals surface area contributed by atoms with Gasteiger partial charge in [0.15, 0.2) is 0 Å². The smallest absolute Gasteiger partial charge is 0.124 e. The standard InChI is InChI=1S/C18H23NOS.ClH/c1-2-8-16(9-3-1)19-13-15-7-4-5-11-18(15)20-14-17-10-6-12-21-17;/h4-7,10-12,16,19H,1-3,8-9,13-14H2;1H/p-1. The molecule has 0 amide bonds. The van der Waals surface area contributed by atoms with Crippen LogP contribution < -0.4 is 22.5 Å². The third-order valence-corrected chi connectivity index (χ3v) is 4.96. The van der Waals surface area contributed by atoms with Crippen LogP contribution in [0.3, 0.4) is 0 Å². The summed E-state index contributed by atoms with van der Waals surface area (Å²) in [6, 6.07) is 13.3. The first-order valence-electron chi connectivity index (χ1n) is 7.88. The summed E-state index contributed by atoms with van der Waals surface area (Å²) in [6.07, 6.45) is 6.78. The fraction of sp³-hybridized carbons (Fsp3) is 0.444. The van der Waals surface area contributed by atoms with E-state index < -0.39 is 0 Å². The summed E-state index contributed by atoms with van der Waals surface area (Å²) in [5, 5.41) is 5.79. The van der Waals surface area contributed by atoms with Crippen molar-refractivity contribution in [3.05, 3.63) is 52.2 Å². The molecule has 4 heteroatoms. The van der Waals surface area contributed by atoms with Crippen LogP contribution >= 0.6 is 11.3 Å². The second-order valence-corrected chi connectivity index (χ2v) is 6.72. The lowest BCUT2D eigenvalue weighted by atomic mass is 9.95. The topological polar surface area (TPSA) is 21.3 Å². The highest BCUT2D eigenvalue weighted by molar-refractivity contribution is 7.09. The first-order chi connectivity index (χ1) is 10.4. The summed E-state index contributed by atoms with van der Waals surface area (Å²) < 4.78 is 5.99. The molecule has 0 saturated heterocycles. The molecule has 1 aromatic carbocycles. The number of nitrogens with one attached hydrogen (secondary N) is 1. The minimum Gasteiger partial charge on any atom is -1.00 e. The molecule has 0 atom stereocenters. The van der Waals surface area contributed by atoms with Gasteiger partial charge in [0.05, 0.1) is 0 Å². The molecular weight excluding hydrogens is 314 g/mol. The highest BCUT2D eigenvalue weighted by Crippen LogP contribution is 2.22. The van der Waals surface area contributed by atoms with E-state index in [4.69, 9.17) is 4.74 Å². The Labute approximate surface area is 143 Å². The van der Waals surface area contributed by atoms with Crippen molar-refractivity contribution in [1.29, 1.82) is 0 Å². The molecule has 0 unspecified atom stereocenters. The third kappa shape index (κ3) is 5.01. The van der Waals surface area contributed by atoms with Gasteiger partial charge in [0.2, 0.25) is 0 Å². The van der Waals surface area contributed by atoms with Gasteiger partial charge in [-0.15, -0.1) is 11.3 Å². The van der Waals surface area contributed by atoms with Crippen molar-refractivity contribution < 1.29 is 17.1 Å². The average Bonchev–Trinajstić information content (AvgIpc) is 3.06. The molecule has 0 radical (unpaired) electrons. The quantitative estimate of drug-likeness (QED) is 0.868. The van der Waals surface area contributed by atoms with Gasteiger partial charge >= 0.3 is 0 Å². The number of para-hydroxylation sites is 1. The van der Waals surface area contributed by atoms with Crippen molar-refractivity contribution in [2.45, 2.75) is 51.3 Å². The maximum absolute atomic E-state index is 5.99. The van der Waals surface area contributed by atoms with Crippen LogP contribution in [0.15, 0.2) is 41.8 Å². The number of rotatable bonds is 6. The van der Waals surface area contributed by atoms with Gasteiger partial charge in [-0.3, -0.25) is 0 Å². The maximum atomic E-state index is 5.99. The Morgan fingerprint density at radius 3 is 2.64 bits per heavy atom. The fourth-order valence-electron chi connectivity index (χ4n) is 2.90. The molecule has 1 aliphatic rings. The molecule has 1 fully saturated rings. The van der Waals surface area contributed by atoms with Crippen LogP contribution in [0.25, 0.3) is 0 Å². The molecule has 0 spiro atoms. The summed E-state index contributed by atoms with van der Waals surface area (Å²) in [6.45, 7) is 1.57. The number of ether oxygens (including phenoxy) is 1. The normalized spacial score (nSPS) is 15.3. The molecule has 2 aromatic rings. The van der Waals surface area contributed by atoms with Crippen LogP contribution in [0.1, 0.15) is 42.5 Å². The van der Waals surface area contributed by atoms with Gasteiger partial charge in [0, 0.05) is 23.0 Å². The van der Waals surface area contributed by atoms with Gasteiger partial charge in [0.1, 0.15) is 12.4 Å². The Morgan fingerprint density at radius 2 is 1.86 bits per heavy atom. The van der Waals surface area contributed by atoms with Crippen molar-refractivity contribution in [1.82, 2.24) is 5.32 Å². The van der Waals surface area contributed by atoms with E-state index in [2.05, 4.69) is 41.0 Å². The van der Waals surface area contributed by atoms with Crippen LogP contribution in [0.5, 0.6) is 5.75 Å². The van der Waals surface area contributed by atoms with Gasteiger partial charge < -0.3 is 22.5 Å². The van der Waals surface area contributed by atoms with Gasteiger partial charge in [-0.1, -0.05) is 43.5 Å². The molecular formula is C18H23ClNOS-. The van der Waals surface area contributed by atoms with Crippen LogP contribution in [0.4, 0.5) is 0 Å². The molecule has 120 valence electrons. The minimum absolute atomic E-state index is 0. The van der Waals surface area contributed by atoms with Crippen LogP contribution in [0, 0.1) is 0 Å². The molecule has 1 N–H and O–H groups in total. The highest BCUT2D eigenvalue weighted by atomic mass is 35.5. The van der Waals surface area contributed by atoms with E-state index in [-0.39, 0.29) is 12.4 Å². The van der Waals surface area contributed by atoms with Gasteiger partial charge in [-0.2, -0.15) is 0 Å². The Bertz CT molecular complexity index is 538. The van der Waals surface area contributed by atoms with E-state index in [1.165, 1.54) is 42.5 Å². The average molecular weight is 337 g/mol. The first-order valence-corrected chi connectivity index (χ1v) is 8.76. The van der Waals surface area contributed by atoms with E-state index in [1.807, 2.05) is 6.07 Å². The van der Waals surface area contributed by atoms with Crippen LogP contribution in [-0.4, -0.2) is 6.04 Å². The molecule has 22 heavy (non-hydrogen) atoms. The van der Waals surface area contributed by atoms with Crippen molar-refractivity contribution in [3.63, 3.8) is 0 Å². The second-order valence-electron chi connectivity index (χ2n) is 5.69. The zero-order valence-electron chi connectivity index (χ0n) is 12.8. The third-order valence-electron chi connectivity index (χ3n) is 4.11. The summed E-state index contributed by atoms with van der Waals surface area (Å²) in [5.74, 6) is 1.01. The second kappa shape index (κ2) is 9.19. The maximum Gasteiger partial charge on any atom is 0.124 e. The van der Waals surface area contributed by atoms with E-state index in [0.717, 1.165) is 12.3 Å². The highest BCUT2D eigenvalue weighted by Gasteiger charge is 2.13. The summed E-state index contributed by atoms with van der Waals surface area (Å²) in [7, 11) is 0. The number of thiophene rings is 1. The van der Waals surface area contributed by atoms with Gasteiger partial charge in [-0.25, -0.2) is 0 Å². The fourth-order valence-corrected chi connectivity index (χ4v) is 3.51. The molecule has 1 heterocycles. The van der Waals surface area contributed by atoms with E-state index in [1.54, 1.807) is 11.3 Å². The molecule has 1 aliphatic carbocycles. The zero-order valence-corrected chi connectivity index (χ0v) is 14.3. The Hall–Kier alpha value is -1.03. The predicted molar refractivity (Wildman–Crippen MR) is 88.8 cm³/mol. The largest absolute Gasteiger partial charge is 1.00 e. The number of benzene rings is 1. The van der Waals surface area contributed by atoms with Crippen molar-refractivity contribution in [3.8, 4) is 5.75 Å². The Morgan fingerprint density at radius 1 is 1.05 bits per heavy atom. The van der Waals surface area contributed by atoms with Crippen molar-refractivity contribution in [2.75, 3.05) is 0 Å². The number of hydrogen-bond donors (Lipinski definition) is 1. The van der Waals surface area contributed by atoms with Crippen LogP contribution in [-0.2, 0) is 13.2 Å². The molecule has 0 aliphatic heterocycles. The lowest BCUT2D eigenvalue weighted by Crippen LogP contribution is -3.00. The Kier molecular flexibility index (Phi) is 7.23. The minimum atomic E-state index is 0. The SMILES string of the molecule is [Cl-].c1csc(COc2ccccc2CNC2CCCCC2)c1. The Balaban J connectivity index is 0.00000176. The van der Waals surface area contributed by atoms with Crippen molar-refractivity contribution in [2.24, 2.45) is 0 Å². The predicted octanol–water partition coefficient (Wildman–Crippen LogP) is 1.75. The van der Waals surface area contributed by atoms with Gasteiger partial charge in [-0.05, 0) is 30.4 Å². The van der Waals surface area contributed by atoms with Gasteiger partial charge in [0.25, 0.3) is 0 Å². The summed E-state index contributed by atoms with van der Waals surface area (Å²) in [5.41, 5.74) is 1.26. The van der Waals surface area contributed by atoms with E-state index in [9.17, 15) is 0 Å². The molecule has 1 saturated carbocycles. The van der Waals surface area contributed by atoms with Crippen LogP contribution in [0.2, 0.25) is 0 Å². The van der Waals surface area contributed by atoms with E-state index >= 15 is 0 Å². The molecule has 3 rings (SSSR count). The van der Waals surface area contributed by atoms with E-state index in [0.29, 0.717) is 12.6 Å². The number of halogens is 1. The summed E-state index contributed by atoms with van der Waals surface area (Å²) in [4.78, 5) is 1.27. The molecule has 1 aromatic heterocycles. The molecule has 2 nitrogen and oxygen atoms in total. The summed E-state index contributed by atoms with van der Waals surface area (Å²) >= 11 is 1.74. The van der Waals surface area contributed by atoms with Crippen molar-refractivity contribution >= 4 is 11.3 Å². The first kappa shape index (κ1) is 17.3. The molecule has 0 bridgehead atoms. The monoisotopic (exact) mass is 336 g/mol. The lowest BCUT2D eigenvalue weighted by Gasteiger charge is -2.23. The lowest BCUT2D eigenvalue weighted by molar-refractivity contribution is -0.00000465.